The fourth-order valence-electron chi connectivity index (χ4n) is 3.53. The number of piperazine rings is 1. The highest BCUT2D eigenvalue weighted by Crippen LogP contribution is 2.31. The van der Waals surface area contributed by atoms with E-state index in [2.05, 4.69) is 22.3 Å². The van der Waals surface area contributed by atoms with Crippen molar-refractivity contribution in [3.05, 3.63) is 12.4 Å². The fourth-order valence-corrected chi connectivity index (χ4v) is 3.53. The summed E-state index contributed by atoms with van der Waals surface area (Å²) in [4.78, 5) is 30.6. The van der Waals surface area contributed by atoms with E-state index in [-0.39, 0.29) is 23.9 Å². The Bertz CT molecular complexity index is 575. The summed E-state index contributed by atoms with van der Waals surface area (Å²) >= 11 is 0. The summed E-state index contributed by atoms with van der Waals surface area (Å²) in [5.41, 5.74) is -0.100. The van der Waals surface area contributed by atoms with E-state index in [9.17, 15) is 9.59 Å². The molecule has 2 saturated heterocycles. The summed E-state index contributed by atoms with van der Waals surface area (Å²) in [5, 5.41) is 7.60. The van der Waals surface area contributed by atoms with Gasteiger partial charge in [-0.15, -0.1) is 5.10 Å². The van der Waals surface area contributed by atoms with Crippen LogP contribution in [0, 0.1) is 0 Å². The number of aromatic nitrogens is 3. The number of likely N-dealkylation sites (N-methyl/N-ethyl adjacent to an activating group) is 1. The van der Waals surface area contributed by atoms with Crippen molar-refractivity contribution in [3.63, 3.8) is 0 Å². The predicted octanol–water partition coefficient (Wildman–Crippen LogP) is -0.567. The molecule has 1 aromatic heterocycles. The Morgan fingerprint density at radius 3 is 2.83 bits per heavy atom. The summed E-state index contributed by atoms with van der Waals surface area (Å²) in [5.74, 6) is 0.258. The molecule has 3 heterocycles. The molecule has 8 nitrogen and oxygen atoms in total. The average molecular weight is 320 g/mol. The number of rotatable bonds is 2. The lowest BCUT2D eigenvalue weighted by atomic mass is 9.86. The van der Waals surface area contributed by atoms with Crippen molar-refractivity contribution in [1.82, 2.24) is 29.7 Å². The highest BCUT2D eigenvalue weighted by molar-refractivity contribution is 5.77. The Morgan fingerprint density at radius 1 is 1.26 bits per heavy atom. The van der Waals surface area contributed by atoms with Gasteiger partial charge in [-0.3, -0.25) is 14.5 Å². The number of likely N-dealkylation sites (tertiary alicyclic amines) is 1. The van der Waals surface area contributed by atoms with Crippen molar-refractivity contribution in [2.24, 2.45) is 0 Å². The number of hydrogen-bond donors (Lipinski definition) is 0. The molecule has 126 valence electrons. The van der Waals surface area contributed by atoms with E-state index >= 15 is 0 Å². The third kappa shape index (κ3) is 3.21. The third-order valence-electron chi connectivity index (χ3n) is 5.26. The van der Waals surface area contributed by atoms with E-state index in [1.165, 1.54) is 0 Å². The molecule has 0 saturated carbocycles. The number of hydrogen-bond acceptors (Lipinski definition) is 5. The van der Waals surface area contributed by atoms with Gasteiger partial charge in [0, 0.05) is 51.4 Å². The molecule has 0 N–H and O–H groups in total. The summed E-state index contributed by atoms with van der Waals surface area (Å²) in [6.07, 6.45) is 5.53. The minimum atomic E-state index is -0.100. The zero-order chi connectivity index (χ0) is 16.4. The van der Waals surface area contributed by atoms with E-state index in [1.807, 2.05) is 11.9 Å². The SMILES string of the molecule is CN1CCC2(CCC1=O)CN(C(=O)Cn1ccnn1)CCN2C. The minimum Gasteiger partial charge on any atom is -0.346 e. The average Bonchev–Trinajstić information content (AvgIpc) is 3.00. The van der Waals surface area contributed by atoms with Crippen LogP contribution < -0.4 is 0 Å². The van der Waals surface area contributed by atoms with Crippen LogP contribution in [0.2, 0.25) is 0 Å². The second-order valence-electron chi connectivity index (χ2n) is 6.63. The van der Waals surface area contributed by atoms with E-state index < -0.39 is 0 Å². The van der Waals surface area contributed by atoms with Gasteiger partial charge in [-0.05, 0) is 19.9 Å². The number of amides is 2. The van der Waals surface area contributed by atoms with Gasteiger partial charge in [-0.25, -0.2) is 4.68 Å². The molecule has 0 radical (unpaired) electrons. The van der Waals surface area contributed by atoms with Crippen LogP contribution in [-0.4, -0.2) is 87.3 Å². The zero-order valence-electron chi connectivity index (χ0n) is 13.8. The molecule has 0 aliphatic carbocycles. The van der Waals surface area contributed by atoms with Gasteiger partial charge in [0.15, 0.2) is 0 Å². The molecule has 8 heteroatoms. The molecule has 1 spiro atoms. The van der Waals surface area contributed by atoms with E-state index in [4.69, 9.17) is 0 Å². The molecule has 2 amide bonds. The Labute approximate surface area is 136 Å². The lowest BCUT2D eigenvalue weighted by Crippen LogP contribution is -2.62. The van der Waals surface area contributed by atoms with Crippen LogP contribution in [0.25, 0.3) is 0 Å². The zero-order valence-corrected chi connectivity index (χ0v) is 13.8. The van der Waals surface area contributed by atoms with Crippen molar-refractivity contribution < 1.29 is 9.59 Å². The summed E-state index contributed by atoms with van der Waals surface area (Å²) < 4.78 is 1.55. The van der Waals surface area contributed by atoms with Gasteiger partial charge in [0.25, 0.3) is 0 Å². The molecular formula is C15H24N6O2. The Balaban J connectivity index is 1.71. The van der Waals surface area contributed by atoms with E-state index in [1.54, 1.807) is 22.0 Å². The largest absolute Gasteiger partial charge is 0.346 e. The summed E-state index contributed by atoms with van der Waals surface area (Å²) in [6, 6.07) is 0. The monoisotopic (exact) mass is 320 g/mol. The standard InChI is InChI=1S/C15H24N6O2/c1-18-7-5-15(4-3-13(18)22)12-20(10-9-19(15)2)14(23)11-21-8-6-16-17-21/h6,8H,3-5,7,9-12H2,1-2H3. The number of carbonyl (C=O) groups is 2. The summed E-state index contributed by atoms with van der Waals surface area (Å²) in [6.45, 7) is 3.20. The highest BCUT2D eigenvalue weighted by atomic mass is 16.2. The molecule has 2 fully saturated rings. The highest BCUT2D eigenvalue weighted by Gasteiger charge is 2.42. The third-order valence-corrected chi connectivity index (χ3v) is 5.26. The van der Waals surface area contributed by atoms with Gasteiger partial charge >= 0.3 is 0 Å². The molecule has 3 rings (SSSR count). The molecule has 0 aromatic carbocycles. The first kappa shape index (κ1) is 15.9. The Morgan fingerprint density at radius 2 is 2.09 bits per heavy atom. The van der Waals surface area contributed by atoms with Crippen molar-refractivity contribution >= 4 is 11.8 Å². The van der Waals surface area contributed by atoms with Crippen molar-refractivity contribution in [2.75, 3.05) is 40.3 Å². The van der Waals surface area contributed by atoms with Gasteiger partial charge in [0.05, 0.1) is 6.20 Å². The first-order valence-corrected chi connectivity index (χ1v) is 8.07. The van der Waals surface area contributed by atoms with Crippen molar-refractivity contribution in [2.45, 2.75) is 31.3 Å². The maximum absolute atomic E-state index is 12.6. The lowest BCUT2D eigenvalue weighted by molar-refractivity contribution is -0.137. The molecule has 1 aromatic rings. The second-order valence-corrected chi connectivity index (χ2v) is 6.63. The molecule has 1 unspecified atom stereocenters. The first-order chi connectivity index (χ1) is 11.0. The lowest BCUT2D eigenvalue weighted by Gasteiger charge is -2.49. The fraction of sp³-hybridized carbons (Fsp3) is 0.733. The molecule has 2 aliphatic rings. The van der Waals surface area contributed by atoms with Gasteiger partial charge in [-0.1, -0.05) is 5.21 Å². The number of nitrogens with zero attached hydrogens (tertiary/aromatic N) is 6. The first-order valence-electron chi connectivity index (χ1n) is 8.07. The van der Waals surface area contributed by atoms with Crippen molar-refractivity contribution in [3.8, 4) is 0 Å². The molecule has 0 bridgehead atoms. The minimum absolute atomic E-state index is 0.0619. The van der Waals surface area contributed by atoms with E-state index in [0.717, 1.165) is 32.5 Å². The molecule has 23 heavy (non-hydrogen) atoms. The maximum Gasteiger partial charge on any atom is 0.244 e. The Hall–Kier alpha value is -1.96. The van der Waals surface area contributed by atoms with Crippen LogP contribution in [0.15, 0.2) is 12.4 Å². The predicted molar refractivity (Wildman–Crippen MR) is 83.5 cm³/mol. The van der Waals surface area contributed by atoms with Crippen molar-refractivity contribution in [1.29, 1.82) is 0 Å². The van der Waals surface area contributed by atoms with Crippen LogP contribution in [0.1, 0.15) is 19.3 Å². The normalized spacial score (nSPS) is 26.6. The van der Waals surface area contributed by atoms with Crippen LogP contribution in [0.3, 0.4) is 0 Å². The second kappa shape index (κ2) is 6.27. The van der Waals surface area contributed by atoms with Crippen LogP contribution in [0.5, 0.6) is 0 Å². The molecular weight excluding hydrogens is 296 g/mol. The van der Waals surface area contributed by atoms with Crippen LogP contribution in [0.4, 0.5) is 0 Å². The van der Waals surface area contributed by atoms with Gasteiger partial charge in [-0.2, -0.15) is 0 Å². The van der Waals surface area contributed by atoms with Crippen LogP contribution >= 0.6 is 0 Å². The quantitative estimate of drug-likeness (QED) is 0.730. The topological polar surface area (TPSA) is 74.6 Å². The van der Waals surface area contributed by atoms with Crippen LogP contribution in [-0.2, 0) is 16.1 Å². The van der Waals surface area contributed by atoms with Gasteiger partial charge in [0.1, 0.15) is 6.54 Å². The maximum atomic E-state index is 12.6. The van der Waals surface area contributed by atoms with Gasteiger partial charge in [0.2, 0.25) is 11.8 Å². The Kier molecular flexibility index (Phi) is 4.34. The molecule has 1 atom stereocenters. The van der Waals surface area contributed by atoms with Gasteiger partial charge < -0.3 is 9.80 Å². The summed E-state index contributed by atoms with van der Waals surface area (Å²) in [7, 11) is 3.97. The smallest absolute Gasteiger partial charge is 0.244 e. The molecule has 2 aliphatic heterocycles. The van der Waals surface area contributed by atoms with E-state index in [0.29, 0.717) is 13.0 Å². The number of carbonyl (C=O) groups excluding carboxylic acids is 2.